The van der Waals surface area contributed by atoms with Crippen molar-refractivity contribution in [3.8, 4) is 0 Å². The molecule has 0 spiro atoms. The number of halogens is 3. The molecule has 2 N–H and O–H groups in total. The van der Waals surface area contributed by atoms with Crippen molar-refractivity contribution in [1.82, 2.24) is 0 Å². The summed E-state index contributed by atoms with van der Waals surface area (Å²) in [6, 6.07) is 0. The van der Waals surface area contributed by atoms with Gasteiger partial charge in [-0.25, -0.2) is 0 Å². The lowest BCUT2D eigenvalue weighted by Gasteiger charge is -2.36. The molecule has 0 atom stereocenters. The second kappa shape index (κ2) is 6.56. The van der Waals surface area contributed by atoms with Gasteiger partial charge in [-0.3, -0.25) is 0 Å². The zero-order valence-electron chi connectivity index (χ0n) is 9.89. The summed E-state index contributed by atoms with van der Waals surface area (Å²) in [6.07, 6.45) is 0.832. The summed E-state index contributed by atoms with van der Waals surface area (Å²) in [7, 11) is 0. The number of rotatable bonds is 6. The molecular weight excluding hydrogens is 235 g/mol. The SMILES string of the molecule is NCC1(OCCOCC(F)(F)F)CCCCC1. The first-order chi connectivity index (χ1) is 7.97. The van der Waals surface area contributed by atoms with Gasteiger partial charge in [0.25, 0.3) is 0 Å². The second-order valence-electron chi connectivity index (χ2n) is 4.46. The van der Waals surface area contributed by atoms with Gasteiger partial charge in [0.05, 0.1) is 18.8 Å². The van der Waals surface area contributed by atoms with Crippen molar-refractivity contribution in [3.63, 3.8) is 0 Å². The number of alkyl halides is 3. The first-order valence-electron chi connectivity index (χ1n) is 5.96. The van der Waals surface area contributed by atoms with Crippen LogP contribution in [0.15, 0.2) is 0 Å². The maximum atomic E-state index is 11.8. The maximum absolute atomic E-state index is 11.8. The van der Waals surface area contributed by atoms with Gasteiger partial charge in [0, 0.05) is 6.54 Å². The van der Waals surface area contributed by atoms with E-state index in [2.05, 4.69) is 4.74 Å². The molecule has 0 amide bonds. The lowest BCUT2D eigenvalue weighted by atomic mass is 9.85. The average Bonchev–Trinajstić information content (AvgIpc) is 2.28. The van der Waals surface area contributed by atoms with E-state index < -0.39 is 12.8 Å². The topological polar surface area (TPSA) is 44.5 Å². The lowest BCUT2D eigenvalue weighted by Crippen LogP contribution is -2.43. The number of hydrogen-bond donors (Lipinski definition) is 1. The van der Waals surface area contributed by atoms with Crippen LogP contribution >= 0.6 is 0 Å². The van der Waals surface area contributed by atoms with Crippen LogP contribution in [-0.2, 0) is 9.47 Å². The Bertz CT molecular complexity index is 215. The van der Waals surface area contributed by atoms with Crippen molar-refractivity contribution in [2.24, 2.45) is 5.73 Å². The largest absolute Gasteiger partial charge is 0.411 e. The van der Waals surface area contributed by atoms with Gasteiger partial charge in [-0.05, 0) is 12.8 Å². The van der Waals surface area contributed by atoms with E-state index in [9.17, 15) is 13.2 Å². The van der Waals surface area contributed by atoms with Gasteiger partial charge in [0.1, 0.15) is 6.61 Å². The highest BCUT2D eigenvalue weighted by molar-refractivity contribution is 4.85. The molecule has 1 aliphatic carbocycles. The van der Waals surface area contributed by atoms with Crippen LogP contribution in [0.1, 0.15) is 32.1 Å². The summed E-state index contributed by atoms with van der Waals surface area (Å²) in [5.74, 6) is 0. The third-order valence-corrected chi connectivity index (χ3v) is 3.04. The first kappa shape index (κ1) is 14.7. The molecule has 3 nitrogen and oxygen atoms in total. The van der Waals surface area contributed by atoms with Crippen LogP contribution in [-0.4, -0.2) is 38.1 Å². The number of ether oxygens (including phenoxy) is 2. The van der Waals surface area contributed by atoms with Crippen molar-refractivity contribution in [2.45, 2.75) is 43.9 Å². The van der Waals surface area contributed by atoms with E-state index in [1.54, 1.807) is 0 Å². The first-order valence-corrected chi connectivity index (χ1v) is 5.96. The monoisotopic (exact) mass is 255 g/mol. The Morgan fingerprint density at radius 2 is 1.71 bits per heavy atom. The maximum Gasteiger partial charge on any atom is 0.411 e. The zero-order valence-corrected chi connectivity index (χ0v) is 9.89. The van der Waals surface area contributed by atoms with Crippen LogP contribution in [0.4, 0.5) is 13.2 Å². The Hall–Kier alpha value is -0.330. The van der Waals surface area contributed by atoms with Gasteiger partial charge in [-0.2, -0.15) is 13.2 Å². The number of hydrogen-bond acceptors (Lipinski definition) is 3. The van der Waals surface area contributed by atoms with E-state index in [0.717, 1.165) is 25.7 Å². The standard InChI is InChI=1S/C11H20F3NO2/c12-11(13,14)9-16-6-7-17-10(8-15)4-2-1-3-5-10/h1-9,15H2. The third-order valence-electron chi connectivity index (χ3n) is 3.04. The molecule has 0 radical (unpaired) electrons. The van der Waals surface area contributed by atoms with Crippen LogP contribution in [0, 0.1) is 0 Å². The van der Waals surface area contributed by atoms with Crippen molar-refractivity contribution < 1.29 is 22.6 Å². The van der Waals surface area contributed by atoms with E-state index in [1.807, 2.05) is 0 Å². The Kier molecular flexibility index (Phi) is 5.69. The normalized spacial score (nSPS) is 20.5. The molecule has 0 bridgehead atoms. The molecule has 0 saturated heterocycles. The van der Waals surface area contributed by atoms with Crippen LogP contribution in [0.25, 0.3) is 0 Å². The van der Waals surface area contributed by atoms with Gasteiger partial charge in [-0.15, -0.1) is 0 Å². The molecule has 0 unspecified atom stereocenters. The minimum atomic E-state index is -4.27. The minimum absolute atomic E-state index is 0.0404. The highest BCUT2D eigenvalue weighted by atomic mass is 19.4. The Balaban J connectivity index is 2.15. The van der Waals surface area contributed by atoms with E-state index in [1.165, 1.54) is 6.42 Å². The van der Waals surface area contributed by atoms with Crippen LogP contribution < -0.4 is 5.73 Å². The zero-order chi connectivity index (χ0) is 12.8. The molecule has 1 rings (SSSR count). The third kappa shape index (κ3) is 5.70. The average molecular weight is 255 g/mol. The molecule has 17 heavy (non-hydrogen) atoms. The van der Waals surface area contributed by atoms with Crippen molar-refractivity contribution >= 4 is 0 Å². The fourth-order valence-corrected chi connectivity index (χ4v) is 2.11. The molecule has 1 aliphatic rings. The Morgan fingerprint density at radius 1 is 1.06 bits per heavy atom. The molecular formula is C11H20F3NO2. The molecule has 6 heteroatoms. The molecule has 0 aromatic rings. The van der Waals surface area contributed by atoms with Gasteiger partial charge < -0.3 is 15.2 Å². The van der Waals surface area contributed by atoms with E-state index in [0.29, 0.717) is 6.54 Å². The van der Waals surface area contributed by atoms with E-state index in [-0.39, 0.29) is 18.8 Å². The smallest absolute Gasteiger partial charge is 0.371 e. The molecule has 0 heterocycles. The molecule has 0 aromatic carbocycles. The van der Waals surface area contributed by atoms with E-state index >= 15 is 0 Å². The van der Waals surface area contributed by atoms with Gasteiger partial charge in [0.2, 0.25) is 0 Å². The Labute approximate surface area is 99.4 Å². The van der Waals surface area contributed by atoms with Gasteiger partial charge in [0.15, 0.2) is 0 Å². The summed E-state index contributed by atoms with van der Waals surface area (Å²) in [6.45, 7) is -0.660. The predicted molar refractivity (Wildman–Crippen MR) is 57.7 cm³/mol. The minimum Gasteiger partial charge on any atom is -0.371 e. The van der Waals surface area contributed by atoms with Crippen molar-refractivity contribution in [1.29, 1.82) is 0 Å². The summed E-state index contributed by atoms with van der Waals surface area (Å²) >= 11 is 0. The van der Waals surface area contributed by atoms with Crippen LogP contribution in [0.5, 0.6) is 0 Å². The summed E-state index contributed by atoms with van der Waals surface area (Å²) < 4.78 is 45.5. The fraction of sp³-hybridized carbons (Fsp3) is 1.00. The van der Waals surface area contributed by atoms with Gasteiger partial charge in [-0.1, -0.05) is 19.3 Å². The number of nitrogens with two attached hydrogens (primary N) is 1. The van der Waals surface area contributed by atoms with Gasteiger partial charge >= 0.3 is 6.18 Å². The lowest BCUT2D eigenvalue weighted by molar-refractivity contribution is -0.180. The molecule has 0 aromatic heterocycles. The predicted octanol–water partition coefficient (Wildman–Crippen LogP) is 2.24. The second-order valence-corrected chi connectivity index (χ2v) is 4.46. The molecule has 1 saturated carbocycles. The fourth-order valence-electron chi connectivity index (χ4n) is 2.11. The quantitative estimate of drug-likeness (QED) is 0.740. The van der Waals surface area contributed by atoms with Crippen molar-refractivity contribution in [2.75, 3.05) is 26.4 Å². The highest BCUT2D eigenvalue weighted by Gasteiger charge is 2.31. The van der Waals surface area contributed by atoms with Crippen LogP contribution in [0.2, 0.25) is 0 Å². The molecule has 1 fully saturated rings. The molecule has 0 aliphatic heterocycles. The summed E-state index contributed by atoms with van der Waals surface area (Å²) in [5, 5.41) is 0. The molecule has 102 valence electrons. The van der Waals surface area contributed by atoms with Crippen LogP contribution in [0.3, 0.4) is 0 Å². The summed E-state index contributed by atoms with van der Waals surface area (Å²) in [5.41, 5.74) is 5.34. The Morgan fingerprint density at radius 3 is 2.24 bits per heavy atom. The highest BCUT2D eigenvalue weighted by Crippen LogP contribution is 2.30. The van der Waals surface area contributed by atoms with Crippen molar-refractivity contribution in [3.05, 3.63) is 0 Å². The van der Waals surface area contributed by atoms with E-state index in [4.69, 9.17) is 10.5 Å². The summed E-state index contributed by atoms with van der Waals surface area (Å²) in [4.78, 5) is 0.